The fraction of sp³-hybridized carbons (Fsp3) is 0.812. The Hall–Kier alpha value is -1.67. The summed E-state index contributed by atoms with van der Waals surface area (Å²) in [7, 11) is 0. The number of nitrogens with zero attached hydrogens (tertiary/aromatic N) is 2. The molecule has 0 aromatic heterocycles. The Morgan fingerprint density at radius 2 is 1.92 bits per heavy atom. The molecular formula is C16H27N3O5. The third-order valence-corrected chi connectivity index (χ3v) is 4.93. The molecule has 0 unspecified atom stereocenters. The topological polar surface area (TPSA) is 110 Å². The van der Waals surface area contributed by atoms with Gasteiger partial charge in [-0.2, -0.15) is 0 Å². The average molecular weight is 341 g/mol. The van der Waals surface area contributed by atoms with Crippen LogP contribution in [0.3, 0.4) is 0 Å². The van der Waals surface area contributed by atoms with Crippen LogP contribution in [0.25, 0.3) is 0 Å². The van der Waals surface area contributed by atoms with Crippen molar-refractivity contribution >= 4 is 17.7 Å². The molecule has 8 nitrogen and oxygen atoms in total. The number of unbranched alkanes of at least 4 members (excludes halogenated alkanes) is 1. The molecule has 3 N–H and O–H groups in total. The van der Waals surface area contributed by atoms with Gasteiger partial charge in [-0.15, -0.1) is 0 Å². The molecule has 2 saturated heterocycles. The van der Waals surface area contributed by atoms with Crippen LogP contribution >= 0.6 is 0 Å². The van der Waals surface area contributed by atoms with E-state index in [1.54, 1.807) is 4.90 Å². The molecule has 0 spiro atoms. The minimum Gasteiger partial charge on any atom is -0.382 e. The molecule has 0 aromatic rings. The quantitative estimate of drug-likeness (QED) is 0.442. The van der Waals surface area contributed by atoms with Crippen molar-refractivity contribution in [1.29, 1.82) is 0 Å². The van der Waals surface area contributed by atoms with E-state index in [9.17, 15) is 19.5 Å². The van der Waals surface area contributed by atoms with E-state index < -0.39 is 24.0 Å². The standard InChI is InChI=1S/C16H27N3O5/c1-2-3-6-11(13(20)14(21)17-24)15(22)19-10-4-7-12(19)16(23)18-8-5-9-18/h11-13,20,24H,2-10H2,1H3,(H,17,21)/t11-,12+,13+/m1/s1. The van der Waals surface area contributed by atoms with Crippen LogP contribution in [0, 0.1) is 5.92 Å². The van der Waals surface area contributed by atoms with Crippen molar-refractivity contribution in [3.8, 4) is 0 Å². The van der Waals surface area contributed by atoms with Gasteiger partial charge in [0, 0.05) is 19.6 Å². The van der Waals surface area contributed by atoms with Gasteiger partial charge < -0.3 is 14.9 Å². The van der Waals surface area contributed by atoms with Crippen molar-refractivity contribution in [3.63, 3.8) is 0 Å². The number of aliphatic hydroxyl groups excluding tert-OH is 1. The summed E-state index contributed by atoms with van der Waals surface area (Å²) in [5.41, 5.74) is 1.40. The maximum absolute atomic E-state index is 12.9. The lowest BCUT2D eigenvalue weighted by molar-refractivity contribution is -0.154. The second kappa shape index (κ2) is 8.43. The number of hydrogen-bond donors (Lipinski definition) is 3. The summed E-state index contributed by atoms with van der Waals surface area (Å²) in [6.45, 7) is 3.86. The highest BCUT2D eigenvalue weighted by Gasteiger charge is 2.42. The molecule has 2 aliphatic heterocycles. The summed E-state index contributed by atoms with van der Waals surface area (Å²) in [5.74, 6) is -2.35. The molecular weight excluding hydrogens is 314 g/mol. The largest absolute Gasteiger partial charge is 0.382 e. The second-order valence-corrected chi connectivity index (χ2v) is 6.54. The molecule has 136 valence electrons. The summed E-state index contributed by atoms with van der Waals surface area (Å²) in [4.78, 5) is 40.2. The van der Waals surface area contributed by atoms with Gasteiger partial charge in [-0.1, -0.05) is 19.8 Å². The molecule has 24 heavy (non-hydrogen) atoms. The molecule has 2 aliphatic rings. The van der Waals surface area contributed by atoms with Gasteiger partial charge in [0.15, 0.2) is 0 Å². The number of nitrogens with one attached hydrogen (secondary N) is 1. The first-order chi connectivity index (χ1) is 11.5. The molecule has 2 fully saturated rings. The Morgan fingerprint density at radius 1 is 1.21 bits per heavy atom. The predicted octanol–water partition coefficient (Wildman–Crippen LogP) is -0.118. The Morgan fingerprint density at radius 3 is 2.46 bits per heavy atom. The van der Waals surface area contributed by atoms with Crippen molar-refractivity contribution in [3.05, 3.63) is 0 Å². The lowest BCUT2D eigenvalue weighted by Crippen LogP contribution is -2.54. The second-order valence-electron chi connectivity index (χ2n) is 6.54. The molecule has 0 saturated carbocycles. The van der Waals surface area contributed by atoms with Crippen LogP contribution < -0.4 is 5.48 Å². The third kappa shape index (κ3) is 3.87. The van der Waals surface area contributed by atoms with Crippen LogP contribution in [0.5, 0.6) is 0 Å². The van der Waals surface area contributed by atoms with Crippen LogP contribution in [0.4, 0.5) is 0 Å². The summed E-state index contributed by atoms with van der Waals surface area (Å²) < 4.78 is 0. The number of carbonyl (C=O) groups is 3. The zero-order valence-electron chi connectivity index (χ0n) is 14.1. The van der Waals surface area contributed by atoms with Crippen molar-refractivity contribution in [2.24, 2.45) is 5.92 Å². The van der Waals surface area contributed by atoms with E-state index in [0.717, 1.165) is 32.4 Å². The predicted molar refractivity (Wildman–Crippen MR) is 84.9 cm³/mol. The summed E-state index contributed by atoms with van der Waals surface area (Å²) in [5, 5.41) is 18.8. The highest BCUT2D eigenvalue weighted by molar-refractivity contribution is 5.92. The first-order valence-electron chi connectivity index (χ1n) is 8.72. The number of amides is 3. The maximum Gasteiger partial charge on any atom is 0.272 e. The molecule has 0 radical (unpaired) electrons. The molecule has 3 atom stereocenters. The zero-order chi connectivity index (χ0) is 17.7. The van der Waals surface area contributed by atoms with Crippen molar-refractivity contribution in [2.75, 3.05) is 19.6 Å². The van der Waals surface area contributed by atoms with Gasteiger partial charge >= 0.3 is 0 Å². The Kier molecular flexibility index (Phi) is 6.56. The molecule has 2 rings (SSSR count). The lowest BCUT2D eigenvalue weighted by atomic mass is 9.93. The number of likely N-dealkylation sites (tertiary alicyclic amines) is 2. The highest BCUT2D eigenvalue weighted by Crippen LogP contribution is 2.26. The van der Waals surface area contributed by atoms with Crippen LogP contribution in [0.2, 0.25) is 0 Å². The van der Waals surface area contributed by atoms with Gasteiger partial charge in [0.25, 0.3) is 5.91 Å². The minimum atomic E-state index is -1.62. The summed E-state index contributed by atoms with van der Waals surface area (Å²) in [6.07, 6.45) is 2.54. The minimum absolute atomic E-state index is 0.0394. The molecule has 8 heteroatoms. The number of rotatable bonds is 7. The molecule has 2 heterocycles. The fourth-order valence-corrected chi connectivity index (χ4v) is 3.34. The first-order valence-corrected chi connectivity index (χ1v) is 8.72. The van der Waals surface area contributed by atoms with Gasteiger partial charge in [0.1, 0.15) is 12.1 Å². The molecule has 0 aliphatic carbocycles. The zero-order valence-corrected chi connectivity index (χ0v) is 14.1. The monoisotopic (exact) mass is 341 g/mol. The first kappa shape index (κ1) is 18.7. The van der Waals surface area contributed by atoms with Gasteiger partial charge in [-0.05, 0) is 25.7 Å². The van der Waals surface area contributed by atoms with Crippen molar-refractivity contribution in [2.45, 2.75) is 57.6 Å². The fourth-order valence-electron chi connectivity index (χ4n) is 3.34. The Labute approximate surface area is 141 Å². The number of hydrogen-bond acceptors (Lipinski definition) is 5. The van der Waals surface area contributed by atoms with Gasteiger partial charge in [0.05, 0.1) is 5.92 Å². The molecule has 3 amide bonds. The van der Waals surface area contributed by atoms with Gasteiger partial charge in [-0.3, -0.25) is 19.6 Å². The SMILES string of the molecule is CCCC[C@@H](C(=O)N1CCC[C@H]1C(=O)N1CCC1)[C@H](O)C(=O)NO. The van der Waals surface area contributed by atoms with E-state index in [4.69, 9.17) is 5.21 Å². The number of hydroxylamine groups is 1. The smallest absolute Gasteiger partial charge is 0.272 e. The van der Waals surface area contributed by atoms with Crippen LogP contribution in [-0.2, 0) is 14.4 Å². The van der Waals surface area contributed by atoms with Crippen LogP contribution in [-0.4, -0.2) is 69.6 Å². The lowest BCUT2D eigenvalue weighted by Gasteiger charge is -2.37. The van der Waals surface area contributed by atoms with Crippen molar-refractivity contribution in [1.82, 2.24) is 15.3 Å². The van der Waals surface area contributed by atoms with Gasteiger partial charge in [0.2, 0.25) is 11.8 Å². The normalized spacial score (nSPS) is 22.7. The van der Waals surface area contributed by atoms with E-state index in [-0.39, 0.29) is 11.8 Å². The third-order valence-electron chi connectivity index (χ3n) is 4.93. The molecule has 0 aromatic carbocycles. The van der Waals surface area contributed by atoms with Crippen molar-refractivity contribution < 1.29 is 24.7 Å². The van der Waals surface area contributed by atoms with E-state index in [1.165, 1.54) is 10.4 Å². The van der Waals surface area contributed by atoms with E-state index in [0.29, 0.717) is 25.8 Å². The summed E-state index contributed by atoms with van der Waals surface area (Å²) >= 11 is 0. The summed E-state index contributed by atoms with van der Waals surface area (Å²) in [6, 6.07) is -0.494. The Balaban J connectivity index is 2.10. The average Bonchev–Trinajstić information content (AvgIpc) is 3.01. The van der Waals surface area contributed by atoms with Crippen LogP contribution in [0.15, 0.2) is 0 Å². The van der Waals surface area contributed by atoms with Gasteiger partial charge in [-0.25, -0.2) is 5.48 Å². The molecule has 0 bridgehead atoms. The van der Waals surface area contributed by atoms with E-state index in [2.05, 4.69) is 0 Å². The number of carbonyl (C=O) groups excluding carboxylic acids is 3. The van der Waals surface area contributed by atoms with E-state index >= 15 is 0 Å². The van der Waals surface area contributed by atoms with E-state index in [1.807, 2.05) is 6.92 Å². The Bertz CT molecular complexity index is 480. The number of aliphatic hydroxyl groups is 1. The van der Waals surface area contributed by atoms with Crippen LogP contribution in [0.1, 0.15) is 45.4 Å². The highest BCUT2D eigenvalue weighted by atomic mass is 16.5. The maximum atomic E-state index is 12.9.